The molecule has 1 fully saturated rings. The number of carbonyl (C=O) groups is 3. The van der Waals surface area contributed by atoms with Crippen LogP contribution in [0.15, 0.2) is 54.6 Å². The van der Waals surface area contributed by atoms with Crippen molar-refractivity contribution in [1.29, 1.82) is 0 Å². The molecule has 2 aliphatic heterocycles. The molecule has 1 saturated heterocycles. The standard InChI is InChI=1S/C31H31Cl2FN4O5/c1-35-31(41)21-5-3-4-19(12-21)22-7-6-20(13-25(22)34)27(16-37-8-10-42-11-9-37)36(2)29(39)17-38-26-14-23(32)24(33)15-28(26)43-18-30(38)40/h3-7,12-15,27H,8-11,16-18H2,1-2H3,(H,35,41). The Balaban J connectivity index is 1.43. The minimum absolute atomic E-state index is 0.228. The third kappa shape index (κ3) is 6.78. The molecular weight excluding hydrogens is 598 g/mol. The van der Waals surface area contributed by atoms with E-state index in [1.54, 1.807) is 43.4 Å². The first kappa shape index (κ1) is 30.7. The van der Waals surface area contributed by atoms with Crippen LogP contribution in [-0.2, 0) is 14.3 Å². The molecule has 1 atom stereocenters. The molecule has 2 aliphatic rings. The van der Waals surface area contributed by atoms with E-state index < -0.39 is 17.8 Å². The van der Waals surface area contributed by atoms with Crippen molar-refractivity contribution in [2.45, 2.75) is 6.04 Å². The van der Waals surface area contributed by atoms with Gasteiger partial charge in [0, 0.05) is 50.9 Å². The predicted molar refractivity (Wildman–Crippen MR) is 162 cm³/mol. The van der Waals surface area contributed by atoms with Gasteiger partial charge in [-0.05, 0) is 35.4 Å². The quantitative estimate of drug-likeness (QED) is 0.397. The highest BCUT2D eigenvalue weighted by atomic mass is 35.5. The molecule has 2 heterocycles. The molecular formula is C31H31Cl2FN4O5. The first-order valence-corrected chi connectivity index (χ1v) is 14.5. The van der Waals surface area contributed by atoms with Crippen molar-refractivity contribution in [2.24, 2.45) is 0 Å². The average Bonchev–Trinajstić information content (AvgIpc) is 3.02. The van der Waals surface area contributed by atoms with Gasteiger partial charge in [-0.25, -0.2) is 4.39 Å². The molecule has 3 amide bonds. The van der Waals surface area contributed by atoms with Crippen LogP contribution in [0.3, 0.4) is 0 Å². The van der Waals surface area contributed by atoms with E-state index in [2.05, 4.69) is 10.2 Å². The summed E-state index contributed by atoms with van der Waals surface area (Å²) in [4.78, 5) is 43.7. The fourth-order valence-electron chi connectivity index (χ4n) is 5.22. The number of ether oxygens (including phenoxy) is 2. The lowest BCUT2D eigenvalue weighted by Crippen LogP contribution is -2.48. The van der Waals surface area contributed by atoms with Crippen LogP contribution in [0, 0.1) is 5.82 Å². The number of carbonyl (C=O) groups excluding carboxylic acids is 3. The van der Waals surface area contributed by atoms with Gasteiger partial charge < -0.3 is 19.7 Å². The molecule has 43 heavy (non-hydrogen) atoms. The molecule has 0 spiro atoms. The van der Waals surface area contributed by atoms with Crippen LogP contribution in [0.2, 0.25) is 10.0 Å². The maximum Gasteiger partial charge on any atom is 0.265 e. The molecule has 1 N–H and O–H groups in total. The van der Waals surface area contributed by atoms with E-state index in [9.17, 15) is 14.4 Å². The normalized spacial score (nSPS) is 15.8. The SMILES string of the molecule is CNC(=O)c1cccc(-c2ccc(C(CN3CCOCC3)N(C)C(=O)CN3C(=O)COc4cc(Cl)c(Cl)cc43)cc2F)c1. The first-order valence-electron chi connectivity index (χ1n) is 13.8. The second-order valence-electron chi connectivity index (χ2n) is 10.3. The Morgan fingerprint density at radius 2 is 1.81 bits per heavy atom. The summed E-state index contributed by atoms with van der Waals surface area (Å²) in [7, 11) is 3.18. The Hall–Kier alpha value is -3.70. The monoisotopic (exact) mass is 628 g/mol. The van der Waals surface area contributed by atoms with E-state index in [0.717, 1.165) is 0 Å². The zero-order valence-electron chi connectivity index (χ0n) is 23.7. The van der Waals surface area contributed by atoms with Gasteiger partial charge in [-0.1, -0.05) is 47.5 Å². The number of amides is 3. The van der Waals surface area contributed by atoms with Crippen LogP contribution in [0.1, 0.15) is 22.0 Å². The van der Waals surface area contributed by atoms with Crippen molar-refractivity contribution in [3.05, 3.63) is 81.6 Å². The highest BCUT2D eigenvalue weighted by Gasteiger charge is 2.32. The second kappa shape index (κ2) is 13.3. The van der Waals surface area contributed by atoms with Crippen LogP contribution in [-0.4, -0.2) is 87.6 Å². The number of nitrogens with one attached hydrogen (secondary N) is 1. The van der Waals surface area contributed by atoms with Gasteiger partial charge in [-0.15, -0.1) is 0 Å². The van der Waals surface area contributed by atoms with E-state index in [1.165, 1.54) is 35.0 Å². The van der Waals surface area contributed by atoms with Gasteiger partial charge in [0.25, 0.3) is 11.8 Å². The summed E-state index contributed by atoms with van der Waals surface area (Å²) in [6.45, 7) is 2.37. The van der Waals surface area contributed by atoms with Crippen molar-refractivity contribution in [3.63, 3.8) is 0 Å². The van der Waals surface area contributed by atoms with Gasteiger partial charge >= 0.3 is 0 Å². The molecule has 5 rings (SSSR count). The zero-order chi connectivity index (χ0) is 30.7. The van der Waals surface area contributed by atoms with E-state index in [-0.39, 0.29) is 35.0 Å². The molecule has 0 aromatic heterocycles. The van der Waals surface area contributed by atoms with Crippen LogP contribution in [0.25, 0.3) is 11.1 Å². The number of hydrogen-bond acceptors (Lipinski definition) is 6. The summed E-state index contributed by atoms with van der Waals surface area (Å²) < 4.78 is 26.7. The maximum atomic E-state index is 15.7. The summed E-state index contributed by atoms with van der Waals surface area (Å²) in [5.41, 5.74) is 2.25. The number of benzene rings is 3. The second-order valence-corrected chi connectivity index (χ2v) is 11.1. The number of anilines is 1. The summed E-state index contributed by atoms with van der Waals surface area (Å²) in [5, 5.41) is 3.08. The van der Waals surface area contributed by atoms with Crippen molar-refractivity contribution in [3.8, 4) is 16.9 Å². The Bertz CT molecular complexity index is 1550. The van der Waals surface area contributed by atoms with Crippen molar-refractivity contribution in [2.75, 3.05) is 65.0 Å². The lowest BCUT2D eigenvalue weighted by molar-refractivity contribution is -0.133. The minimum atomic E-state index is -0.532. The summed E-state index contributed by atoms with van der Waals surface area (Å²) in [6, 6.07) is 14.1. The van der Waals surface area contributed by atoms with E-state index >= 15 is 4.39 Å². The number of nitrogens with zero attached hydrogens (tertiary/aromatic N) is 3. The van der Waals surface area contributed by atoms with Gasteiger partial charge in [0.05, 0.1) is 35.0 Å². The summed E-state index contributed by atoms with van der Waals surface area (Å²) in [6.07, 6.45) is 0. The van der Waals surface area contributed by atoms with E-state index in [1.807, 2.05) is 0 Å². The Morgan fingerprint density at radius 3 is 2.53 bits per heavy atom. The van der Waals surface area contributed by atoms with Crippen LogP contribution < -0.4 is 15.0 Å². The highest BCUT2D eigenvalue weighted by Crippen LogP contribution is 2.39. The van der Waals surface area contributed by atoms with Crippen LogP contribution in [0.4, 0.5) is 10.1 Å². The Kier molecular flexibility index (Phi) is 9.51. The molecule has 3 aromatic rings. The third-order valence-electron chi connectivity index (χ3n) is 7.67. The smallest absolute Gasteiger partial charge is 0.265 e. The van der Waals surface area contributed by atoms with E-state index in [4.69, 9.17) is 32.7 Å². The minimum Gasteiger partial charge on any atom is -0.482 e. The number of halogens is 3. The Morgan fingerprint density at radius 1 is 1.07 bits per heavy atom. The third-order valence-corrected chi connectivity index (χ3v) is 8.40. The van der Waals surface area contributed by atoms with Crippen LogP contribution >= 0.6 is 23.2 Å². The molecule has 226 valence electrons. The highest BCUT2D eigenvalue weighted by molar-refractivity contribution is 6.42. The summed E-state index contributed by atoms with van der Waals surface area (Å²) >= 11 is 12.3. The van der Waals surface area contributed by atoms with Gasteiger partial charge in [0.15, 0.2) is 6.61 Å². The largest absolute Gasteiger partial charge is 0.482 e. The topological polar surface area (TPSA) is 91.4 Å². The lowest BCUT2D eigenvalue weighted by atomic mass is 9.97. The Labute approximate surface area is 259 Å². The fraction of sp³-hybridized carbons (Fsp3) is 0.323. The van der Waals surface area contributed by atoms with Crippen molar-refractivity contribution >= 4 is 46.6 Å². The maximum absolute atomic E-state index is 15.7. The predicted octanol–water partition coefficient (Wildman–Crippen LogP) is 4.42. The van der Waals surface area contributed by atoms with Crippen LogP contribution in [0.5, 0.6) is 5.75 Å². The number of morpholine rings is 1. The number of hydrogen-bond donors (Lipinski definition) is 1. The van der Waals surface area contributed by atoms with Gasteiger partial charge in [0.2, 0.25) is 5.91 Å². The molecule has 12 heteroatoms. The number of fused-ring (bicyclic) bond motifs is 1. The zero-order valence-corrected chi connectivity index (χ0v) is 25.3. The first-order chi connectivity index (χ1) is 20.7. The molecule has 0 radical (unpaired) electrons. The van der Waals surface area contributed by atoms with Gasteiger partial charge in [-0.2, -0.15) is 0 Å². The molecule has 0 aliphatic carbocycles. The van der Waals surface area contributed by atoms with Crippen molar-refractivity contribution < 1.29 is 28.2 Å². The molecule has 3 aromatic carbocycles. The fourth-order valence-corrected chi connectivity index (χ4v) is 5.53. The van der Waals surface area contributed by atoms with Crippen molar-refractivity contribution in [1.82, 2.24) is 15.1 Å². The summed E-state index contributed by atoms with van der Waals surface area (Å²) in [5.74, 6) is -1.15. The molecule has 0 bridgehead atoms. The lowest BCUT2D eigenvalue weighted by Gasteiger charge is -2.37. The van der Waals surface area contributed by atoms with Gasteiger partial charge in [-0.3, -0.25) is 24.2 Å². The van der Waals surface area contributed by atoms with Gasteiger partial charge in [0.1, 0.15) is 18.1 Å². The molecule has 1 unspecified atom stereocenters. The molecule has 9 nitrogen and oxygen atoms in total. The average molecular weight is 630 g/mol. The van der Waals surface area contributed by atoms with E-state index in [0.29, 0.717) is 66.5 Å². The number of likely N-dealkylation sites (N-methyl/N-ethyl adjacent to an activating group) is 1. The molecule has 0 saturated carbocycles. The number of rotatable bonds is 8.